The van der Waals surface area contributed by atoms with Gasteiger partial charge in [-0.2, -0.15) is 21.4 Å². The van der Waals surface area contributed by atoms with Gasteiger partial charge in [0, 0.05) is 53.2 Å². The number of benzene rings is 2. The topological polar surface area (TPSA) is 127 Å². The van der Waals surface area contributed by atoms with E-state index >= 15 is 0 Å². The zero-order valence-electron chi connectivity index (χ0n) is 30.0. The number of para-hydroxylation sites is 2. The quantitative estimate of drug-likeness (QED) is 0.0788. The maximum absolute atomic E-state index is 11.3. The van der Waals surface area contributed by atoms with Gasteiger partial charge in [-0.05, 0) is 74.8 Å². The highest BCUT2D eigenvalue weighted by atomic mass is 32.2. The zero-order valence-corrected chi connectivity index (χ0v) is 31.7. The van der Waals surface area contributed by atoms with Crippen LogP contribution in [0.25, 0.3) is 0 Å². The smallest absolute Gasteiger partial charge is 0.264 e. The summed E-state index contributed by atoms with van der Waals surface area (Å²) in [7, 11) is -8.02. The lowest BCUT2D eigenvalue weighted by molar-refractivity contribution is -0.438. The van der Waals surface area contributed by atoms with Gasteiger partial charge in [0.05, 0.1) is 23.5 Å². The van der Waals surface area contributed by atoms with E-state index in [4.69, 9.17) is 6.42 Å². The molecule has 2 aromatic rings. The molecular formula is C40H50N3O6S2+. The summed E-state index contributed by atoms with van der Waals surface area (Å²) in [6, 6.07) is 16.6. The van der Waals surface area contributed by atoms with Crippen LogP contribution in [0.15, 0.2) is 95.4 Å². The first-order chi connectivity index (χ1) is 24.0. The Morgan fingerprint density at radius 1 is 0.843 bits per heavy atom. The molecule has 11 heteroatoms. The highest BCUT2D eigenvalue weighted by Crippen LogP contribution is 2.48. The fraction of sp³-hybridized carbons (Fsp3) is 0.425. The molecule has 272 valence electrons. The zero-order chi connectivity index (χ0) is 37.0. The number of terminal acetylenes is 1. The largest absolute Gasteiger partial charge is 0.374 e. The van der Waals surface area contributed by atoms with Crippen molar-refractivity contribution < 1.29 is 30.5 Å². The van der Waals surface area contributed by atoms with Crippen molar-refractivity contribution in [2.75, 3.05) is 36.0 Å². The van der Waals surface area contributed by atoms with E-state index < -0.39 is 20.2 Å². The summed E-state index contributed by atoms with van der Waals surface area (Å²) >= 11 is 0. The Kier molecular flexibility index (Phi) is 11.5. The third-order valence-electron chi connectivity index (χ3n) is 10.2. The van der Waals surface area contributed by atoms with Crippen LogP contribution in [-0.4, -0.2) is 67.4 Å². The fourth-order valence-corrected chi connectivity index (χ4v) is 8.79. The minimum Gasteiger partial charge on any atom is -0.374 e. The molecule has 9 nitrogen and oxygen atoms in total. The molecule has 0 bridgehead atoms. The van der Waals surface area contributed by atoms with Crippen LogP contribution < -0.4 is 10.2 Å². The number of nitrogens with one attached hydrogen (secondary N) is 1. The standard InChI is InChI=1S/C40H49N3O6S2/c1-6-25-41-38-30(21-23-36-39(2,3)32-15-7-9-17-34(32)42(36)26-11-13-28-50(44,45)46)19-20-31(38)22-24-37-40(4,5)33-16-8-10-18-35(33)43(37)27-12-14-29-51(47,48)49/h1,7-10,15-18,21-24H,11-14,19-20,25-29H2,2-5H3,(H2,44,45,46,47,48,49)/p+1. The lowest BCUT2D eigenvalue weighted by Gasteiger charge is -2.27. The van der Waals surface area contributed by atoms with Crippen LogP contribution in [0.5, 0.6) is 0 Å². The van der Waals surface area contributed by atoms with Crippen molar-refractivity contribution in [1.29, 1.82) is 0 Å². The molecule has 0 fully saturated rings. The molecule has 0 amide bonds. The molecule has 3 N–H and O–H groups in total. The Morgan fingerprint density at radius 3 is 2.18 bits per heavy atom. The highest BCUT2D eigenvalue weighted by Gasteiger charge is 2.44. The number of anilines is 1. The predicted molar refractivity (Wildman–Crippen MR) is 206 cm³/mol. The van der Waals surface area contributed by atoms with Crippen molar-refractivity contribution in [2.24, 2.45) is 0 Å². The number of hydrogen-bond acceptors (Lipinski definition) is 6. The molecule has 3 aliphatic rings. The first-order valence-electron chi connectivity index (χ1n) is 17.6. The minimum absolute atomic E-state index is 0.255. The number of fused-ring (bicyclic) bond motifs is 2. The second kappa shape index (κ2) is 15.3. The number of nitrogens with zero attached hydrogens (tertiary/aromatic N) is 2. The monoisotopic (exact) mass is 732 g/mol. The Bertz CT molecular complexity index is 2080. The lowest BCUT2D eigenvalue weighted by Crippen LogP contribution is -2.28. The molecule has 0 spiro atoms. The molecule has 2 aliphatic heterocycles. The summed E-state index contributed by atoms with van der Waals surface area (Å²) in [5.41, 5.74) is 9.63. The number of rotatable bonds is 15. The van der Waals surface area contributed by atoms with E-state index in [9.17, 15) is 25.9 Å². The second-order valence-electron chi connectivity index (χ2n) is 14.5. The molecule has 0 atom stereocenters. The summed E-state index contributed by atoms with van der Waals surface area (Å²) < 4.78 is 66.1. The molecule has 5 rings (SSSR count). The van der Waals surface area contributed by atoms with Crippen molar-refractivity contribution >= 4 is 37.3 Å². The first kappa shape index (κ1) is 38.3. The van der Waals surface area contributed by atoms with Gasteiger partial charge in [0.1, 0.15) is 6.54 Å². The summed E-state index contributed by atoms with van der Waals surface area (Å²) in [6.07, 6.45) is 18.0. The Balaban J connectivity index is 1.48. The number of hydrogen-bond donors (Lipinski definition) is 3. The second-order valence-corrected chi connectivity index (χ2v) is 17.6. The van der Waals surface area contributed by atoms with E-state index in [1.54, 1.807) is 0 Å². The van der Waals surface area contributed by atoms with Gasteiger partial charge in [0.2, 0.25) is 5.69 Å². The summed E-state index contributed by atoms with van der Waals surface area (Å²) in [4.78, 5) is 2.27. The maximum Gasteiger partial charge on any atom is 0.264 e. The van der Waals surface area contributed by atoms with Crippen LogP contribution in [0.3, 0.4) is 0 Å². The summed E-state index contributed by atoms with van der Waals surface area (Å²) in [6.45, 7) is 10.5. The van der Waals surface area contributed by atoms with Crippen LogP contribution in [-0.2, 0) is 31.1 Å². The van der Waals surface area contributed by atoms with Crippen molar-refractivity contribution in [2.45, 2.75) is 77.0 Å². The van der Waals surface area contributed by atoms with Crippen LogP contribution in [0.4, 0.5) is 11.4 Å². The van der Waals surface area contributed by atoms with Gasteiger partial charge < -0.3 is 10.2 Å². The molecular weight excluding hydrogens is 683 g/mol. The summed E-state index contributed by atoms with van der Waals surface area (Å²) in [5.74, 6) is 2.21. The van der Waals surface area contributed by atoms with Gasteiger partial charge in [-0.1, -0.05) is 68.3 Å². The van der Waals surface area contributed by atoms with Crippen LogP contribution in [0.2, 0.25) is 0 Å². The minimum atomic E-state index is -4.01. The average Bonchev–Trinajstić information content (AvgIpc) is 3.62. The van der Waals surface area contributed by atoms with Gasteiger partial charge >= 0.3 is 0 Å². The first-order valence-corrected chi connectivity index (χ1v) is 20.8. The van der Waals surface area contributed by atoms with Gasteiger partial charge in [-0.25, -0.2) is 0 Å². The van der Waals surface area contributed by atoms with Crippen molar-refractivity contribution in [3.63, 3.8) is 0 Å². The third kappa shape index (κ3) is 8.75. The summed E-state index contributed by atoms with van der Waals surface area (Å²) in [5, 5.41) is 3.49. The van der Waals surface area contributed by atoms with Gasteiger partial charge in [-0.3, -0.25) is 9.11 Å². The molecule has 0 unspecified atom stereocenters. The molecule has 2 heterocycles. The molecule has 51 heavy (non-hydrogen) atoms. The molecule has 1 aliphatic carbocycles. The van der Waals surface area contributed by atoms with Gasteiger partial charge in [0.15, 0.2) is 5.71 Å². The van der Waals surface area contributed by atoms with E-state index in [2.05, 4.69) is 97.0 Å². The number of unbranched alkanes of at least 4 members (excludes halogenated alkanes) is 2. The molecule has 0 saturated carbocycles. The van der Waals surface area contributed by atoms with Crippen molar-refractivity contribution in [3.8, 4) is 12.3 Å². The molecule has 2 aromatic carbocycles. The SMILES string of the molecule is C#CCNC1=C(C=CC2=[N+](CCCCS(=O)(=O)O)c3ccccc3C2(C)C)CCC1=CC=C1N(CCCCS(=O)(=O)O)c2ccccc2C1(C)C. The Labute approximate surface area is 304 Å². The lowest BCUT2D eigenvalue weighted by atomic mass is 9.81. The van der Waals surface area contributed by atoms with Crippen molar-refractivity contribution in [3.05, 3.63) is 107 Å². The normalized spacial score (nSPS) is 19.7. The van der Waals surface area contributed by atoms with Crippen LogP contribution in [0.1, 0.15) is 77.3 Å². The van der Waals surface area contributed by atoms with E-state index in [1.807, 2.05) is 24.3 Å². The van der Waals surface area contributed by atoms with E-state index in [1.165, 1.54) is 11.1 Å². The third-order valence-corrected chi connectivity index (χ3v) is 11.8. The number of allylic oxidation sites excluding steroid dienone is 7. The van der Waals surface area contributed by atoms with Crippen LogP contribution in [0, 0.1) is 12.3 Å². The van der Waals surface area contributed by atoms with Gasteiger partial charge in [0.25, 0.3) is 20.2 Å². The maximum atomic E-state index is 11.3. The molecule has 0 radical (unpaired) electrons. The van der Waals surface area contributed by atoms with Crippen molar-refractivity contribution in [1.82, 2.24) is 5.32 Å². The molecule has 0 aromatic heterocycles. The average molecular weight is 733 g/mol. The van der Waals surface area contributed by atoms with E-state index in [-0.39, 0.29) is 22.3 Å². The van der Waals surface area contributed by atoms with E-state index in [0.717, 1.165) is 52.5 Å². The Hall–Kier alpha value is -3.95. The Morgan fingerprint density at radius 2 is 1.49 bits per heavy atom. The highest BCUT2D eigenvalue weighted by molar-refractivity contribution is 7.86. The molecule has 0 saturated heterocycles. The fourth-order valence-electron chi connectivity index (χ4n) is 7.66. The van der Waals surface area contributed by atoms with Crippen LogP contribution >= 0.6 is 0 Å². The predicted octanol–water partition coefficient (Wildman–Crippen LogP) is 6.83. The van der Waals surface area contributed by atoms with E-state index in [0.29, 0.717) is 45.3 Å². The van der Waals surface area contributed by atoms with Gasteiger partial charge in [-0.15, -0.1) is 6.42 Å².